The summed E-state index contributed by atoms with van der Waals surface area (Å²) in [5, 5.41) is 9.63. The topological polar surface area (TPSA) is 37.8 Å². The lowest BCUT2D eigenvalue weighted by atomic mass is 10.4. The Morgan fingerprint density at radius 3 is 3.00 bits per heavy atom. The van der Waals surface area contributed by atoms with Crippen LogP contribution >= 0.6 is 22.7 Å². The van der Waals surface area contributed by atoms with E-state index in [0.717, 1.165) is 28.3 Å². The molecule has 2 aromatic rings. The first-order chi connectivity index (χ1) is 7.42. The van der Waals surface area contributed by atoms with Crippen LogP contribution in [0.15, 0.2) is 17.0 Å². The SMILES string of the molecule is c1csc(-c2nc(CNC3CC3)cs2)n1. The summed E-state index contributed by atoms with van der Waals surface area (Å²) in [6.07, 6.45) is 4.47. The average molecular weight is 237 g/mol. The fourth-order valence-electron chi connectivity index (χ4n) is 1.35. The largest absolute Gasteiger partial charge is 0.308 e. The number of rotatable bonds is 4. The van der Waals surface area contributed by atoms with Crippen LogP contribution in [0.1, 0.15) is 18.5 Å². The van der Waals surface area contributed by atoms with Crippen molar-refractivity contribution in [2.45, 2.75) is 25.4 Å². The molecule has 0 bridgehead atoms. The lowest BCUT2D eigenvalue weighted by Crippen LogP contribution is -2.15. The van der Waals surface area contributed by atoms with Crippen molar-refractivity contribution in [2.24, 2.45) is 0 Å². The van der Waals surface area contributed by atoms with E-state index in [4.69, 9.17) is 0 Å². The van der Waals surface area contributed by atoms with Crippen LogP contribution in [0.25, 0.3) is 10.0 Å². The molecule has 0 atom stereocenters. The van der Waals surface area contributed by atoms with Gasteiger partial charge in [-0.1, -0.05) is 0 Å². The molecule has 0 aliphatic heterocycles. The van der Waals surface area contributed by atoms with Crippen molar-refractivity contribution in [1.29, 1.82) is 0 Å². The Balaban J connectivity index is 1.69. The Morgan fingerprint density at radius 2 is 2.27 bits per heavy atom. The van der Waals surface area contributed by atoms with Crippen LogP contribution in [0.2, 0.25) is 0 Å². The number of nitrogens with one attached hydrogen (secondary N) is 1. The zero-order chi connectivity index (χ0) is 10.1. The van der Waals surface area contributed by atoms with Crippen LogP contribution in [-0.4, -0.2) is 16.0 Å². The van der Waals surface area contributed by atoms with E-state index in [9.17, 15) is 0 Å². The van der Waals surface area contributed by atoms with Gasteiger partial charge in [0.2, 0.25) is 0 Å². The van der Waals surface area contributed by atoms with Crippen LogP contribution < -0.4 is 5.32 Å². The maximum absolute atomic E-state index is 4.56. The molecule has 2 heterocycles. The number of nitrogens with zero attached hydrogens (tertiary/aromatic N) is 2. The summed E-state index contributed by atoms with van der Waals surface area (Å²) in [5.41, 5.74) is 1.14. The van der Waals surface area contributed by atoms with Gasteiger partial charge in [-0.25, -0.2) is 9.97 Å². The van der Waals surface area contributed by atoms with Gasteiger partial charge in [-0.15, -0.1) is 22.7 Å². The molecule has 2 aromatic heterocycles. The van der Waals surface area contributed by atoms with Gasteiger partial charge in [-0.3, -0.25) is 0 Å². The van der Waals surface area contributed by atoms with Crippen molar-refractivity contribution in [2.75, 3.05) is 0 Å². The molecule has 1 aliphatic rings. The van der Waals surface area contributed by atoms with E-state index >= 15 is 0 Å². The van der Waals surface area contributed by atoms with Crippen molar-refractivity contribution in [3.8, 4) is 10.0 Å². The molecule has 0 unspecified atom stereocenters. The Morgan fingerprint density at radius 1 is 1.33 bits per heavy atom. The number of aromatic nitrogens is 2. The van der Waals surface area contributed by atoms with Gasteiger partial charge in [0.1, 0.15) is 0 Å². The number of hydrogen-bond acceptors (Lipinski definition) is 5. The monoisotopic (exact) mass is 237 g/mol. The highest BCUT2D eigenvalue weighted by molar-refractivity contribution is 7.19. The van der Waals surface area contributed by atoms with E-state index in [0.29, 0.717) is 0 Å². The van der Waals surface area contributed by atoms with E-state index in [1.165, 1.54) is 12.8 Å². The highest BCUT2D eigenvalue weighted by atomic mass is 32.1. The maximum Gasteiger partial charge on any atom is 0.152 e. The van der Waals surface area contributed by atoms with Gasteiger partial charge < -0.3 is 5.32 Å². The molecule has 15 heavy (non-hydrogen) atoms. The molecule has 3 rings (SSSR count). The molecule has 0 radical (unpaired) electrons. The molecular formula is C10H11N3S2. The zero-order valence-corrected chi connectivity index (χ0v) is 9.77. The molecule has 1 fully saturated rings. The molecule has 0 spiro atoms. The van der Waals surface area contributed by atoms with Crippen molar-refractivity contribution >= 4 is 22.7 Å². The summed E-state index contributed by atoms with van der Waals surface area (Å²) in [7, 11) is 0. The highest BCUT2D eigenvalue weighted by Gasteiger charge is 2.20. The van der Waals surface area contributed by atoms with E-state index in [2.05, 4.69) is 20.7 Å². The van der Waals surface area contributed by atoms with Crippen LogP contribution in [-0.2, 0) is 6.54 Å². The van der Waals surface area contributed by atoms with Crippen LogP contribution in [0.4, 0.5) is 0 Å². The quantitative estimate of drug-likeness (QED) is 0.888. The molecule has 78 valence electrons. The summed E-state index contributed by atoms with van der Waals surface area (Å²) in [5.74, 6) is 0. The van der Waals surface area contributed by atoms with Gasteiger partial charge in [-0.2, -0.15) is 0 Å². The van der Waals surface area contributed by atoms with Crippen LogP contribution in [0, 0.1) is 0 Å². The second-order valence-electron chi connectivity index (χ2n) is 3.64. The molecule has 3 nitrogen and oxygen atoms in total. The molecule has 1 saturated carbocycles. The molecule has 0 amide bonds. The van der Waals surface area contributed by atoms with Crippen LogP contribution in [0.5, 0.6) is 0 Å². The molecule has 1 N–H and O–H groups in total. The van der Waals surface area contributed by atoms with Gasteiger partial charge in [0, 0.05) is 29.5 Å². The third-order valence-electron chi connectivity index (χ3n) is 2.32. The van der Waals surface area contributed by atoms with E-state index < -0.39 is 0 Å². The summed E-state index contributed by atoms with van der Waals surface area (Å²) in [6.45, 7) is 0.895. The molecular weight excluding hydrogens is 226 g/mol. The standard InChI is InChI=1S/C10H11N3S2/c1-2-7(1)12-5-8-6-15-10(13-8)9-11-3-4-14-9/h3-4,6-7,12H,1-2,5H2. The summed E-state index contributed by atoms with van der Waals surface area (Å²) >= 11 is 3.32. The second-order valence-corrected chi connectivity index (χ2v) is 5.39. The van der Waals surface area contributed by atoms with Crippen molar-refractivity contribution in [1.82, 2.24) is 15.3 Å². The van der Waals surface area contributed by atoms with Gasteiger partial charge in [0.05, 0.1) is 5.69 Å². The zero-order valence-electron chi connectivity index (χ0n) is 8.14. The fourth-order valence-corrected chi connectivity index (χ4v) is 2.87. The molecule has 0 saturated heterocycles. The van der Waals surface area contributed by atoms with Crippen molar-refractivity contribution < 1.29 is 0 Å². The van der Waals surface area contributed by atoms with Crippen molar-refractivity contribution in [3.63, 3.8) is 0 Å². The van der Waals surface area contributed by atoms with E-state index in [1.807, 2.05) is 11.6 Å². The summed E-state index contributed by atoms with van der Waals surface area (Å²) < 4.78 is 0. The lowest BCUT2D eigenvalue weighted by molar-refractivity contribution is 0.678. The first-order valence-corrected chi connectivity index (χ1v) is 6.75. The summed E-state index contributed by atoms with van der Waals surface area (Å²) in [6, 6.07) is 0.745. The van der Waals surface area contributed by atoms with Crippen LogP contribution in [0.3, 0.4) is 0 Å². The average Bonchev–Trinajstić information content (AvgIpc) is 2.78. The number of hydrogen-bond donors (Lipinski definition) is 1. The Kier molecular flexibility index (Phi) is 2.52. The number of thiazole rings is 2. The summed E-state index contributed by atoms with van der Waals surface area (Å²) in [4.78, 5) is 8.81. The molecule has 1 aliphatic carbocycles. The van der Waals surface area contributed by atoms with Gasteiger partial charge in [-0.05, 0) is 12.8 Å². The first-order valence-electron chi connectivity index (χ1n) is 4.99. The predicted octanol–water partition coefficient (Wildman–Crippen LogP) is 2.52. The Hall–Kier alpha value is -0.780. The molecule has 5 heteroatoms. The minimum absolute atomic E-state index is 0.745. The fraction of sp³-hybridized carbons (Fsp3) is 0.400. The first kappa shape index (κ1) is 9.45. The highest BCUT2D eigenvalue weighted by Crippen LogP contribution is 2.26. The van der Waals surface area contributed by atoms with Gasteiger partial charge in [0.15, 0.2) is 10.0 Å². The Labute approximate surface area is 96.2 Å². The normalized spacial score (nSPS) is 15.7. The smallest absolute Gasteiger partial charge is 0.152 e. The van der Waals surface area contributed by atoms with E-state index in [-0.39, 0.29) is 0 Å². The van der Waals surface area contributed by atoms with Gasteiger partial charge >= 0.3 is 0 Å². The second kappa shape index (κ2) is 4.00. The minimum Gasteiger partial charge on any atom is -0.308 e. The Bertz CT molecular complexity index is 431. The van der Waals surface area contributed by atoms with Gasteiger partial charge in [0.25, 0.3) is 0 Å². The lowest BCUT2D eigenvalue weighted by Gasteiger charge is -1.96. The molecule has 0 aromatic carbocycles. The maximum atomic E-state index is 4.56. The van der Waals surface area contributed by atoms with E-state index in [1.54, 1.807) is 22.7 Å². The minimum atomic E-state index is 0.745. The third kappa shape index (κ3) is 2.25. The van der Waals surface area contributed by atoms with Crippen molar-refractivity contribution in [3.05, 3.63) is 22.7 Å². The third-order valence-corrected chi connectivity index (χ3v) is 4.12. The predicted molar refractivity (Wildman–Crippen MR) is 63.1 cm³/mol.